The summed E-state index contributed by atoms with van der Waals surface area (Å²) in [4.78, 5) is 38.1. The molecule has 0 aliphatic rings. The van der Waals surface area contributed by atoms with E-state index < -0.39 is 6.10 Å². The van der Waals surface area contributed by atoms with Gasteiger partial charge in [-0.1, -0.05) is 274 Å². The van der Waals surface area contributed by atoms with E-state index in [1.165, 1.54) is 193 Å². The van der Waals surface area contributed by atoms with Gasteiger partial charge in [-0.15, -0.1) is 0 Å². The minimum atomic E-state index is -0.802. The summed E-state index contributed by atoms with van der Waals surface area (Å²) in [6.07, 6.45) is 72.4. The van der Waals surface area contributed by atoms with Crippen molar-refractivity contribution in [2.75, 3.05) is 13.2 Å². The molecule has 0 aliphatic carbocycles. The molecule has 0 aliphatic heterocycles. The number of hydrogen-bond acceptors (Lipinski definition) is 6. The van der Waals surface area contributed by atoms with E-state index in [1.54, 1.807) is 0 Å². The van der Waals surface area contributed by atoms with Crippen LogP contribution in [0.2, 0.25) is 0 Å². The molecule has 400 valence electrons. The van der Waals surface area contributed by atoms with Gasteiger partial charge in [-0.25, -0.2) is 0 Å². The van der Waals surface area contributed by atoms with Crippen molar-refractivity contribution in [1.29, 1.82) is 0 Å². The highest BCUT2D eigenvalue weighted by Gasteiger charge is 2.19. The fourth-order valence-corrected chi connectivity index (χ4v) is 8.57. The number of ether oxygens (including phenoxy) is 3. The highest BCUT2D eigenvalue weighted by Crippen LogP contribution is 2.17. The van der Waals surface area contributed by atoms with Gasteiger partial charge in [0.2, 0.25) is 0 Å². The first-order valence-electron chi connectivity index (χ1n) is 29.8. The van der Waals surface area contributed by atoms with E-state index in [-0.39, 0.29) is 37.5 Å². The molecule has 0 aromatic heterocycles. The van der Waals surface area contributed by atoms with Crippen LogP contribution in [0.25, 0.3) is 0 Å². The van der Waals surface area contributed by atoms with Crippen molar-refractivity contribution in [3.63, 3.8) is 0 Å². The molecule has 0 aromatic carbocycles. The molecule has 0 heterocycles. The predicted molar refractivity (Wildman–Crippen MR) is 298 cm³/mol. The van der Waals surface area contributed by atoms with Crippen LogP contribution < -0.4 is 0 Å². The SMILES string of the molecule is CC/C=C\C/C=C\C/C=C\C/C=C\CCC(=O)OCC(COC(=O)CCCCCCCCCCC/C=C\CCCCCCCCCC)OC(=O)CCCCCCCCCCCCCCCCCCC. The first-order chi connectivity index (χ1) is 34.0. The maximum absolute atomic E-state index is 12.9. The molecule has 0 rings (SSSR count). The summed E-state index contributed by atoms with van der Waals surface area (Å²) in [5.74, 6) is -0.967. The van der Waals surface area contributed by atoms with Crippen molar-refractivity contribution in [1.82, 2.24) is 0 Å². The molecule has 6 nitrogen and oxygen atoms in total. The first kappa shape index (κ1) is 66.1. The minimum Gasteiger partial charge on any atom is -0.462 e. The highest BCUT2D eigenvalue weighted by atomic mass is 16.6. The molecule has 0 saturated carbocycles. The molecule has 0 aromatic rings. The molecule has 0 N–H and O–H groups in total. The topological polar surface area (TPSA) is 78.9 Å². The second-order valence-corrected chi connectivity index (χ2v) is 19.9. The minimum absolute atomic E-state index is 0.0944. The third kappa shape index (κ3) is 55.9. The monoisotopic (exact) mass is 965 g/mol. The Hall–Kier alpha value is -2.89. The molecule has 0 bridgehead atoms. The molecular weight excluding hydrogens is 853 g/mol. The molecule has 0 fully saturated rings. The summed E-state index contributed by atoms with van der Waals surface area (Å²) in [7, 11) is 0. The summed E-state index contributed by atoms with van der Waals surface area (Å²) in [5.41, 5.74) is 0. The lowest BCUT2D eigenvalue weighted by atomic mass is 10.0. The van der Waals surface area contributed by atoms with E-state index in [2.05, 4.69) is 75.5 Å². The maximum atomic E-state index is 12.9. The standard InChI is InChI=1S/C63H112O6/c1-4-7-10-13-16-19-22-25-27-29-30-31-32-34-35-38-41-44-47-50-53-56-62(65)68-59-60(58-67-61(64)55-52-49-46-43-40-37-24-21-18-15-12-9-6-3)69-63(66)57-54-51-48-45-42-39-36-33-28-26-23-20-17-14-11-8-5-2/h9,12,18,21,29-30,37,40,46,49,60H,4-8,10-11,13-17,19-20,22-28,31-36,38-39,41-45,47-48,50-59H2,1-3H3/b12-9-,21-18-,30-29-,40-37-,49-46-. The zero-order chi connectivity index (χ0) is 50.0. The predicted octanol–water partition coefficient (Wildman–Crippen LogP) is 20.0. The van der Waals surface area contributed by atoms with Crippen LogP contribution in [-0.4, -0.2) is 37.2 Å². The van der Waals surface area contributed by atoms with Gasteiger partial charge in [-0.3, -0.25) is 14.4 Å². The Kier molecular flexibility index (Phi) is 55.3. The second-order valence-electron chi connectivity index (χ2n) is 19.9. The van der Waals surface area contributed by atoms with E-state index >= 15 is 0 Å². The van der Waals surface area contributed by atoms with Gasteiger partial charge < -0.3 is 14.2 Å². The Morgan fingerprint density at radius 3 is 0.971 bits per heavy atom. The van der Waals surface area contributed by atoms with Crippen LogP contribution >= 0.6 is 0 Å². The number of allylic oxidation sites excluding steroid dienone is 10. The fraction of sp³-hybridized carbons (Fsp3) is 0.794. The second kappa shape index (κ2) is 57.7. The smallest absolute Gasteiger partial charge is 0.306 e. The number of esters is 3. The number of carbonyl (C=O) groups excluding carboxylic acids is 3. The lowest BCUT2D eigenvalue weighted by Crippen LogP contribution is -2.30. The van der Waals surface area contributed by atoms with Gasteiger partial charge in [-0.05, 0) is 70.6 Å². The lowest BCUT2D eigenvalue weighted by molar-refractivity contribution is -0.166. The molecule has 0 radical (unpaired) electrons. The van der Waals surface area contributed by atoms with Crippen molar-refractivity contribution in [2.45, 2.75) is 309 Å². The van der Waals surface area contributed by atoms with Crippen LogP contribution in [-0.2, 0) is 28.6 Å². The molecule has 1 atom stereocenters. The molecule has 0 spiro atoms. The van der Waals surface area contributed by atoms with Gasteiger partial charge in [0.25, 0.3) is 0 Å². The van der Waals surface area contributed by atoms with Crippen molar-refractivity contribution < 1.29 is 28.6 Å². The quantitative estimate of drug-likeness (QED) is 0.0262. The summed E-state index contributed by atoms with van der Waals surface area (Å²) in [5, 5.41) is 0. The van der Waals surface area contributed by atoms with Crippen LogP contribution in [0.15, 0.2) is 60.8 Å². The maximum Gasteiger partial charge on any atom is 0.306 e. The average Bonchev–Trinajstić information content (AvgIpc) is 3.35. The largest absolute Gasteiger partial charge is 0.462 e. The Morgan fingerprint density at radius 2 is 0.594 bits per heavy atom. The summed E-state index contributed by atoms with van der Waals surface area (Å²) < 4.78 is 16.8. The number of carbonyl (C=O) groups is 3. The first-order valence-corrected chi connectivity index (χ1v) is 29.8. The third-order valence-electron chi connectivity index (χ3n) is 13.0. The molecule has 6 heteroatoms. The van der Waals surface area contributed by atoms with E-state index in [9.17, 15) is 14.4 Å². The van der Waals surface area contributed by atoms with Gasteiger partial charge in [0, 0.05) is 19.3 Å². The molecule has 0 saturated heterocycles. The van der Waals surface area contributed by atoms with E-state index in [0.717, 1.165) is 64.2 Å². The third-order valence-corrected chi connectivity index (χ3v) is 13.0. The molecular formula is C63H112O6. The Bertz CT molecular complexity index is 1250. The summed E-state index contributed by atoms with van der Waals surface area (Å²) in [6, 6.07) is 0. The van der Waals surface area contributed by atoms with Crippen molar-refractivity contribution in [3.05, 3.63) is 60.8 Å². The Labute approximate surface area is 428 Å². The zero-order valence-corrected chi connectivity index (χ0v) is 45.8. The van der Waals surface area contributed by atoms with Crippen LogP contribution in [0, 0.1) is 0 Å². The lowest BCUT2D eigenvalue weighted by Gasteiger charge is -2.18. The van der Waals surface area contributed by atoms with Crippen molar-refractivity contribution in [3.8, 4) is 0 Å². The molecule has 0 amide bonds. The van der Waals surface area contributed by atoms with Crippen molar-refractivity contribution in [2.24, 2.45) is 0 Å². The normalized spacial score (nSPS) is 12.4. The van der Waals surface area contributed by atoms with E-state index in [1.807, 2.05) is 6.08 Å². The Morgan fingerprint density at radius 1 is 0.304 bits per heavy atom. The van der Waals surface area contributed by atoms with Crippen LogP contribution in [0.1, 0.15) is 303 Å². The number of hydrogen-bond donors (Lipinski definition) is 0. The van der Waals surface area contributed by atoms with Crippen LogP contribution in [0.5, 0.6) is 0 Å². The van der Waals surface area contributed by atoms with Gasteiger partial charge in [0.05, 0.1) is 0 Å². The highest BCUT2D eigenvalue weighted by molar-refractivity contribution is 5.71. The van der Waals surface area contributed by atoms with Gasteiger partial charge in [0.1, 0.15) is 13.2 Å². The van der Waals surface area contributed by atoms with Crippen LogP contribution in [0.3, 0.4) is 0 Å². The van der Waals surface area contributed by atoms with Crippen LogP contribution in [0.4, 0.5) is 0 Å². The van der Waals surface area contributed by atoms with Gasteiger partial charge in [-0.2, -0.15) is 0 Å². The van der Waals surface area contributed by atoms with E-state index in [0.29, 0.717) is 19.3 Å². The summed E-state index contributed by atoms with van der Waals surface area (Å²) >= 11 is 0. The van der Waals surface area contributed by atoms with Crippen molar-refractivity contribution >= 4 is 17.9 Å². The summed E-state index contributed by atoms with van der Waals surface area (Å²) in [6.45, 7) is 6.50. The molecule has 1 unspecified atom stereocenters. The molecule has 69 heavy (non-hydrogen) atoms. The van der Waals surface area contributed by atoms with E-state index in [4.69, 9.17) is 14.2 Å². The van der Waals surface area contributed by atoms with Gasteiger partial charge >= 0.3 is 17.9 Å². The number of unbranched alkanes of at least 4 members (excludes halogenated alkanes) is 33. The number of rotatable bonds is 54. The average molecular weight is 966 g/mol. The Balaban J connectivity index is 4.36. The zero-order valence-electron chi connectivity index (χ0n) is 45.8. The fourth-order valence-electron chi connectivity index (χ4n) is 8.57. The van der Waals surface area contributed by atoms with Gasteiger partial charge in [0.15, 0.2) is 6.10 Å².